The smallest absolute Gasteiger partial charge is 0.250 e. The molecule has 0 aliphatic rings. The van der Waals surface area contributed by atoms with Gasteiger partial charge in [0.15, 0.2) is 0 Å². The molecule has 0 fully saturated rings. The molecule has 0 saturated carbocycles. The number of thiophene rings is 1. The van der Waals surface area contributed by atoms with Gasteiger partial charge < -0.3 is 9.67 Å². The summed E-state index contributed by atoms with van der Waals surface area (Å²) in [5, 5.41) is 11.6. The molecular formula is C11H14N2O3S2. The topological polar surface area (TPSA) is 71.3 Å². The first-order chi connectivity index (χ1) is 8.50. The Kier molecular flexibility index (Phi) is 3.86. The van der Waals surface area contributed by atoms with Gasteiger partial charge in [0.2, 0.25) is 10.0 Å². The summed E-state index contributed by atoms with van der Waals surface area (Å²) in [5.41, 5.74) is 0.670. The Morgan fingerprint density at radius 2 is 2.22 bits per heavy atom. The van der Waals surface area contributed by atoms with Crippen molar-refractivity contribution in [2.75, 3.05) is 6.54 Å². The lowest BCUT2D eigenvalue weighted by Gasteiger charge is -2.12. The van der Waals surface area contributed by atoms with Crippen LogP contribution in [-0.4, -0.2) is 24.6 Å². The van der Waals surface area contributed by atoms with Crippen LogP contribution in [0.4, 0.5) is 0 Å². The Morgan fingerprint density at radius 3 is 2.78 bits per heavy atom. The lowest BCUT2D eigenvalue weighted by molar-refractivity contribution is 0.173. The first-order valence-corrected chi connectivity index (χ1v) is 7.69. The van der Waals surface area contributed by atoms with Crippen LogP contribution in [0, 0.1) is 0 Å². The van der Waals surface area contributed by atoms with Crippen molar-refractivity contribution in [2.45, 2.75) is 10.3 Å². The van der Waals surface area contributed by atoms with E-state index in [9.17, 15) is 13.5 Å². The summed E-state index contributed by atoms with van der Waals surface area (Å²) in [6.07, 6.45) is 0.937. The Hall–Kier alpha value is -1.15. The van der Waals surface area contributed by atoms with E-state index < -0.39 is 16.1 Å². The molecule has 0 amide bonds. The first kappa shape index (κ1) is 13.3. The van der Waals surface area contributed by atoms with E-state index in [1.807, 2.05) is 0 Å². The second kappa shape index (κ2) is 5.23. The molecule has 1 atom stereocenters. The maximum absolute atomic E-state index is 11.8. The minimum absolute atomic E-state index is 0.0436. The summed E-state index contributed by atoms with van der Waals surface area (Å²) in [6.45, 7) is -0.0436. The van der Waals surface area contributed by atoms with E-state index in [4.69, 9.17) is 0 Å². The molecule has 5 nitrogen and oxygen atoms in total. The predicted octanol–water partition coefficient (Wildman–Crippen LogP) is 1.10. The Morgan fingerprint density at radius 1 is 1.44 bits per heavy atom. The minimum atomic E-state index is -3.52. The number of rotatable bonds is 5. The van der Waals surface area contributed by atoms with Gasteiger partial charge in [-0.25, -0.2) is 13.1 Å². The molecule has 18 heavy (non-hydrogen) atoms. The van der Waals surface area contributed by atoms with Crippen molar-refractivity contribution in [2.24, 2.45) is 7.05 Å². The van der Waals surface area contributed by atoms with Crippen LogP contribution < -0.4 is 4.72 Å². The highest BCUT2D eigenvalue weighted by Gasteiger charge is 2.18. The van der Waals surface area contributed by atoms with Crippen LogP contribution >= 0.6 is 11.3 Å². The Labute approximate surface area is 110 Å². The van der Waals surface area contributed by atoms with Crippen LogP contribution in [0.3, 0.4) is 0 Å². The molecule has 98 valence electrons. The molecule has 0 aliphatic carbocycles. The highest BCUT2D eigenvalue weighted by molar-refractivity contribution is 7.91. The van der Waals surface area contributed by atoms with E-state index in [1.165, 1.54) is 6.07 Å². The van der Waals surface area contributed by atoms with Crippen molar-refractivity contribution in [1.82, 2.24) is 9.29 Å². The van der Waals surface area contributed by atoms with Gasteiger partial charge in [-0.15, -0.1) is 11.3 Å². The van der Waals surface area contributed by atoms with E-state index in [0.717, 1.165) is 11.3 Å². The number of hydrogen-bond donors (Lipinski definition) is 2. The maximum Gasteiger partial charge on any atom is 0.250 e. The first-order valence-electron chi connectivity index (χ1n) is 5.33. The number of hydrogen-bond acceptors (Lipinski definition) is 4. The summed E-state index contributed by atoms with van der Waals surface area (Å²) in [5.74, 6) is 0. The second-order valence-corrected chi connectivity index (χ2v) is 6.79. The Balaban J connectivity index is 2.03. The number of aliphatic hydroxyl groups excluding tert-OH is 1. The second-order valence-electron chi connectivity index (χ2n) is 3.84. The highest BCUT2D eigenvalue weighted by atomic mass is 32.2. The molecule has 1 unspecified atom stereocenters. The number of sulfonamides is 1. The zero-order chi connectivity index (χ0) is 13.2. The van der Waals surface area contributed by atoms with E-state index in [2.05, 4.69) is 4.72 Å². The van der Waals surface area contributed by atoms with E-state index in [0.29, 0.717) is 5.69 Å². The predicted molar refractivity (Wildman–Crippen MR) is 69.9 cm³/mol. The maximum atomic E-state index is 11.8. The monoisotopic (exact) mass is 286 g/mol. The average molecular weight is 286 g/mol. The van der Waals surface area contributed by atoms with Crippen molar-refractivity contribution in [3.63, 3.8) is 0 Å². The lowest BCUT2D eigenvalue weighted by Crippen LogP contribution is -2.28. The molecule has 2 rings (SSSR count). The van der Waals surface area contributed by atoms with Gasteiger partial charge >= 0.3 is 0 Å². The van der Waals surface area contributed by atoms with E-state index in [1.54, 1.807) is 41.4 Å². The van der Waals surface area contributed by atoms with Gasteiger partial charge in [-0.2, -0.15) is 0 Å². The van der Waals surface area contributed by atoms with E-state index in [-0.39, 0.29) is 10.8 Å². The molecule has 2 aromatic heterocycles. The molecule has 0 aliphatic heterocycles. The van der Waals surface area contributed by atoms with Crippen molar-refractivity contribution in [3.05, 3.63) is 41.5 Å². The zero-order valence-electron chi connectivity index (χ0n) is 9.78. The summed E-state index contributed by atoms with van der Waals surface area (Å²) in [4.78, 5) is 0. The van der Waals surface area contributed by atoms with Gasteiger partial charge in [0, 0.05) is 25.5 Å². The number of nitrogens with one attached hydrogen (secondary N) is 1. The van der Waals surface area contributed by atoms with Crippen LogP contribution in [0.5, 0.6) is 0 Å². The normalized spacial score (nSPS) is 13.7. The summed E-state index contributed by atoms with van der Waals surface area (Å²) in [6, 6.07) is 6.76. The van der Waals surface area contributed by atoms with Gasteiger partial charge in [-0.05, 0) is 23.6 Å². The molecule has 2 aromatic rings. The quantitative estimate of drug-likeness (QED) is 0.864. The van der Waals surface area contributed by atoms with Gasteiger partial charge in [-0.1, -0.05) is 6.07 Å². The molecular weight excluding hydrogens is 272 g/mol. The van der Waals surface area contributed by atoms with Crippen LogP contribution in [0.25, 0.3) is 0 Å². The number of aliphatic hydroxyl groups is 1. The van der Waals surface area contributed by atoms with Gasteiger partial charge in [0.25, 0.3) is 0 Å². The fourth-order valence-corrected chi connectivity index (χ4v) is 3.68. The molecule has 7 heteroatoms. The third kappa shape index (κ3) is 2.81. The molecule has 0 aromatic carbocycles. The van der Waals surface area contributed by atoms with Crippen molar-refractivity contribution in [3.8, 4) is 0 Å². The fraction of sp³-hybridized carbons (Fsp3) is 0.273. The van der Waals surface area contributed by atoms with Crippen molar-refractivity contribution >= 4 is 21.4 Å². The summed E-state index contributed by atoms with van der Waals surface area (Å²) in [7, 11) is -1.72. The summed E-state index contributed by atoms with van der Waals surface area (Å²) < 4.78 is 28.1. The molecule has 2 N–H and O–H groups in total. The number of aromatic nitrogens is 1. The Bertz CT molecular complexity index is 602. The van der Waals surface area contributed by atoms with Crippen LogP contribution in [0.2, 0.25) is 0 Å². The minimum Gasteiger partial charge on any atom is -0.386 e. The van der Waals surface area contributed by atoms with Crippen LogP contribution in [0.15, 0.2) is 40.1 Å². The van der Waals surface area contributed by atoms with Crippen LogP contribution in [0.1, 0.15) is 11.8 Å². The SMILES string of the molecule is Cn1cccc1C(O)CNS(=O)(=O)c1cccs1. The largest absolute Gasteiger partial charge is 0.386 e. The molecule has 0 bridgehead atoms. The standard InChI is InChI=1S/C11H14N2O3S2/c1-13-6-2-4-9(13)10(14)8-12-18(15,16)11-5-3-7-17-11/h2-7,10,12,14H,8H2,1H3. The fourth-order valence-electron chi connectivity index (χ4n) is 1.60. The molecule has 0 saturated heterocycles. The third-order valence-corrected chi connectivity index (χ3v) is 5.37. The van der Waals surface area contributed by atoms with Gasteiger partial charge in [0.05, 0.1) is 0 Å². The molecule has 0 spiro atoms. The molecule has 0 radical (unpaired) electrons. The summed E-state index contributed by atoms with van der Waals surface area (Å²) >= 11 is 1.14. The number of aryl methyl sites for hydroxylation is 1. The third-order valence-electron chi connectivity index (χ3n) is 2.55. The zero-order valence-corrected chi connectivity index (χ0v) is 11.4. The molecule has 2 heterocycles. The van der Waals surface area contributed by atoms with Gasteiger partial charge in [0.1, 0.15) is 10.3 Å². The highest BCUT2D eigenvalue weighted by Crippen LogP contribution is 2.17. The van der Waals surface area contributed by atoms with E-state index >= 15 is 0 Å². The van der Waals surface area contributed by atoms with Crippen molar-refractivity contribution in [1.29, 1.82) is 0 Å². The van der Waals surface area contributed by atoms with Crippen molar-refractivity contribution < 1.29 is 13.5 Å². The lowest BCUT2D eigenvalue weighted by atomic mass is 10.2. The number of nitrogens with zero attached hydrogens (tertiary/aromatic N) is 1. The van der Waals surface area contributed by atoms with Crippen LogP contribution in [-0.2, 0) is 17.1 Å². The average Bonchev–Trinajstić information content (AvgIpc) is 2.96. The van der Waals surface area contributed by atoms with Gasteiger partial charge in [-0.3, -0.25) is 0 Å².